The minimum absolute atomic E-state index is 0.0292. The van der Waals surface area contributed by atoms with Gasteiger partial charge >= 0.3 is 5.97 Å². The van der Waals surface area contributed by atoms with Crippen molar-refractivity contribution in [3.63, 3.8) is 0 Å². The molecular formula is C19H22N2O6S. The molecule has 0 heterocycles. The van der Waals surface area contributed by atoms with Crippen molar-refractivity contribution in [3.8, 4) is 5.75 Å². The number of para-hydroxylation sites is 2. The van der Waals surface area contributed by atoms with Gasteiger partial charge in [-0.3, -0.25) is 4.79 Å². The van der Waals surface area contributed by atoms with Crippen molar-refractivity contribution >= 4 is 27.6 Å². The Morgan fingerprint density at radius 3 is 2.50 bits per heavy atom. The molecule has 0 bridgehead atoms. The second kappa shape index (κ2) is 9.86. The molecule has 0 aromatic heterocycles. The van der Waals surface area contributed by atoms with Gasteiger partial charge in [-0.1, -0.05) is 25.1 Å². The normalized spacial score (nSPS) is 10.9. The van der Waals surface area contributed by atoms with E-state index in [2.05, 4.69) is 10.0 Å². The number of amides is 1. The number of rotatable bonds is 9. The van der Waals surface area contributed by atoms with Gasteiger partial charge in [-0.25, -0.2) is 17.9 Å². The summed E-state index contributed by atoms with van der Waals surface area (Å²) in [6.07, 6.45) is 0. The fraction of sp³-hybridized carbons (Fsp3) is 0.263. The van der Waals surface area contributed by atoms with Crippen LogP contribution in [-0.4, -0.2) is 40.1 Å². The number of hydrogen-bond acceptors (Lipinski definition) is 6. The summed E-state index contributed by atoms with van der Waals surface area (Å²) in [6.45, 7) is 3.61. The van der Waals surface area contributed by atoms with Gasteiger partial charge in [0.1, 0.15) is 5.75 Å². The van der Waals surface area contributed by atoms with Crippen LogP contribution in [0, 0.1) is 0 Å². The molecule has 0 atom stereocenters. The first-order valence-electron chi connectivity index (χ1n) is 8.66. The van der Waals surface area contributed by atoms with Crippen molar-refractivity contribution in [1.82, 2.24) is 4.72 Å². The average Bonchev–Trinajstić information content (AvgIpc) is 2.68. The lowest BCUT2D eigenvalue weighted by Gasteiger charge is -2.11. The lowest BCUT2D eigenvalue weighted by molar-refractivity contribution is -0.119. The van der Waals surface area contributed by atoms with Crippen molar-refractivity contribution < 1.29 is 27.5 Å². The second-order valence-corrected chi connectivity index (χ2v) is 7.35. The summed E-state index contributed by atoms with van der Waals surface area (Å²) in [4.78, 5) is 24.2. The van der Waals surface area contributed by atoms with E-state index in [1.165, 1.54) is 24.3 Å². The van der Waals surface area contributed by atoms with Crippen LogP contribution in [0.1, 0.15) is 24.2 Å². The van der Waals surface area contributed by atoms with Gasteiger partial charge in [-0.2, -0.15) is 0 Å². The Morgan fingerprint density at radius 1 is 1.04 bits per heavy atom. The first-order chi connectivity index (χ1) is 13.4. The third-order valence-corrected chi connectivity index (χ3v) is 5.05. The first kappa shape index (κ1) is 21.4. The molecule has 28 heavy (non-hydrogen) atoms. The molecule has 0 unspecified atom stereocenters. The molecular weight excluding hydrogens is 384 g/mol. The summed E-state index contributed by atoms with van der Waals surface area (Å²) in [7, 11) is -3.70. The van der Waals surface area contributed by atoms with Gasteiger partial charge in [0.15, 0.2) is 6.61 Å². The number of esters is 1. The van der Waals surface area contributed by atoms with Gasteiger partial charge in [0, 0.05) is 6.54 Å². The summed E-state index contributed by atoms with van der Waals surface area (Å²) < 4.78 is 36.8. The zero-order chi connectivity index (χ0) is 20.6. The Balaban J connectivity index is 2.00. The SMILES string of the molecule is CCNS(=O)(=O)c1cccc(C(=O)OCC(=O)Nc2ccccc2OCC)c1. The Labute approximate surface area is 163 Å². The van der Waals surface area contributed by atoms with E-state index < -0.39 is 28.5 Å². The molecule has 0 aliphatic heterocycles. The number of sulfonamides is 1. The van der Waals surface area contributed by atoms with Crippen LogP contribution in [0.25, 0.3) is 0 Å². The van der Waals surface area contributed by atoms with Crippen LogP contribution in [0.2, 0.25) is 0 Å². The molecule has 9 heteroatoms. The van der Waals surface area contributed by atoms with Gasteiger partial charge < -0.3 is 14.8 Å². The number of carbonyl (C=O) groups is 2. The van der Waals surface area contributed by atoms with Crippen molar-refractivity contribution in [2.75, 3.05) is 25.1 Å². The molecule has 0 radical (unpaired) electrons. The van der Waals surface area contributed by atoms with E-state index in [0.717, 1.165) is 0 Å². The summed E-state index contributed by atoms with van der Waals surface area (Å²) in [5, 5.41) is 2.61. The molecule has 2 aromatic rings. The van der Waals surface area contributed by atoms with Crippen LogP contribution < -0.4 is 14.8 Å². The number of carbonyl (C=O) groups excluding carboxylic acids is 2. The van der Waals surface area contributed by atoms with Crippen LogP contribution in [-0.2, 0) is 19.6 Å². The molecule has 0 fully saturated rings. The molecule has 150 valence electrons. The standard InChI is InChI=1S/C19H22N2O6S/c1-3-20-28(24,25)15-9-7-8-14(12-15)19(23)27-13-18(22)21-16-10-5-6-11-17(16)26-4-2/h5-12,20H,3-4,13H2,1-2H3,(H,21,22). The Morgan fingerprint density at radius 2 is 1.79 bits per heavy atom. The number of nitrogens with one attached hydrogen (secondary N) is 2. The average molecular weight is 406 g/mol. The number of benzene rings is 2. The van der Waals surface area contributed by atoms with E-state index >= 15 is 0 Å². The van der Waals surface area contributed by atoms with E-state index in [0.29, 0.717) is 18.0 Å². The maximum atomic E-state index is 12.2. The summed E-state index contributed by atoms with van der Waals surface area (Å²) in [5.74, 6) is -0.843. The topological polar surface area (TPSA) is 111 Å². The molecule has 0 spiro atoms. The lowest BCUT2D eigenvalue weighted by atomic mass is 10.2. The van der Waals surface area contributed by atoms with Gasteiger partial charge in [0.05, 0.1) is 22.8 Å². The van der Waals surface area contributed by atoms with Crippen LogP contribution >= 0.6 is 0 Å². The Bertz CT molecular complexity index is 943. The maximum Gasteiger partial charge on any atom is 0.338 e. The summed E-state index contributed by atoms with van der Waals surface area (Å²) >= 11 is 0. The highest BCUT2D eigenvalue weighted by molar-refractivity contribution is 7.89. The van der Waals surface area contributed by atoms with Crippen LogP contribution in [0.4, 0.5) is 5.69 Å². The van der Waals surface area contributed by atoms with Crippen LogP contribution in [0.3, 0.4) is 0 Å². The zero-order valence-corrected chi connectivity index (χ0v) is 16.4. The monoisotopic (exact) mass is 406 g/mol. The van der Waals surface area contributed by atoms with Crippen molar-refractivity contribution in [3.05, 3.63) is 54.1 Å². The van der Waals surface area contributed by atoms with Crippen molar-refractivity contribution in [2.24, 2.45) is 0 Å². The fourth-order valence-electron chi connectivity index (χ4n) is 2.32. The summed E-state index contributed by atoms with van der Waals surface area (Å²) in [6, 6.07) is 12.3. The smallest absolute Gasteiger partial charge is 0.338 e. The fourth-order valence-corrected chi connectivity index (χ4v) is 3.40. The minimum atomic E-state index is -3.70. The van der Waals surface area contributed by atoms with Gasteiger partial charge in [-0.15, -0.1) is 0 Å². The molecule has 0 saturated carbocycles. The molecule has 0 saturated heterocycles. The number of anilines is 1. The zero-order valence-electron chi connectivity index (χ0n) is 15.6. The lowest BCUT2D eigenvalue weighted by Crippen LogP contribution is -2.24. The molecule has 2 aromatic carbocycles. The number of hydrogen-bond donors (Lipinski definition) is 2. The Kier molecular flexibility index (Phi) is 7.53. The highest BCUT2D eigenvalue weighted by atomic mass is 32.2. The summed E-state index contributed by atoms with van der Waals surface area (Å²) in [5.41, 5.74) is 0.491. The molecule has 2 N–H and O–H groups in total. The van der Waals surface area contributed by atoms with E-state index in [1.54, 1.807) is 31.2 Å². The molecule has 0 aliphatic carbocycles. The largest absolute Gasteiger partial charge is 0.492 e. The van der Waals surface area contributed by atoms with Gasteiger partial charge in [0.2, 0.25) is 10.0 Å². The quantitative estimate of drug-likeness (QED) is 0.618. The first-order valence-corrected chi connectivity index (χ1v) is 10.1. The molecule has 0 aliphatic rings. The predicted molar refractivity (Wildman–Crippen MR) is 104 cm³/mol. The van der Waals surface area contributed by atoms with E-state index in [-0.39, 0.29) is 17.0 Å². The third-order valence-electron chi connectivity index (χ3n) is 3.51. The minimum Gasteiger partial charge on any atom is -0.492 e. The highest BCUT2D eigenvalue weighted by Crippen LogP contribution is 2.23. The van der Waals surface area contributed by atoms with Crippen LogP contribution in [0.5, 0.6) is 5.75 Å². The molecule has 2 rings (SSSR count). The molecule has 8 nitrogen and oxygen atoms in total. The van der Waals surface area contributed by atoms with E-state index in [4.69, 9.17) is 9.47 Å². The van der Waals surface area contributed by atoms with Gasteiger partial charge in [-0.05, 0) is 37.3 Å². The molecule has 1 amide bonds. The van der Waals surface area contributed by atoms with E-state index in [1.807, 2.05) is 6.92 Å². The second-order valence-electron chi connectivity index (χ2n) is 5.58. The van der Waals surface area contributed by atoms with E-state index in [9.17, 15) is 18.0 Å². The highest BCUT2D eigenvalue weighted by Gasteiger charge is 2.17. The third kappa shape index (κ3) is 5.80. The van der Waals surface area contributed by atoms with Crippen molar-refractivity contribution in [1.29, 1.82) is 0 Å². The van der Waals surface area contributed by atoms with Crippen molar-refractivity contribution in [2.45, 2.75) is 18.7 Å². The predicted octanol–water partition coefficient (Wildman–Crippen LogP) is 2.18. The number of ether oxygens (including phenoxy) is 2. The van der Waals surface area contributed by atoms with Crippen LogP contribution in [0.15, 0.2) is 53.4 Å². The maximum absolute atomic E-state index is 12.2. The Hall–Kier alpha value is -2.91. The van der Waals surface area contributed by atoms with Gasteiger partial charge in [0.25, 0.3) is 5.91 Å².